The third-order valence-electron chi connectivity index (χ3n) is 3.38. The smallest absolute Gasteiger partial charge is 0.0554 e. The molecule has 1 aromatic rings. The normalized spacial score (nSPS) is 25.5. The van der Waals surface area contributed by atoms with Crippen LogP contribution in [0.25, 0.3) is 0 Å². The fraction of sp³-hybridized carbons (Fsp3) is 0.500. The van der Waals surface area contributed by atoms with Gasteiger partial charge in [0.1, 0.15) is 0 Å². The first-order valence-corrected chi connectivity index (χ1v) is 7.04. The van der Waals surface area contributed by atoms with Crippen LogP contribution in [0.4, 0.5) is 0 Å². The van der Waals surface area contributed by atoms with Crippen LogP contribution in [0, 0.1) is 0 Å². The second-order valence-electron chi connectivity index (χ2n) is 4.78. The van der Waals surface area contributed by atoms with Crippen LogP contribution >= 0.6 is 15.9 Å². The van der Waals surface area contributed by atoms with Crippen LogP contribution in [0.2, 0.25) is 0 Å². The molecule has 0 N–H and O–H groups in total. The van der Waals surface area contributed by atoms with Gasteiger partial charge in [0, 0.05) is 22.1 Å². The minimum atomic E-state index is 0.553. The molecule has 0 radical (unpaired) electrons. The van der Waals surface area contributed by atoms with Crippen LogP contribution in [-0.4, -0.2) is 23.3 Å². The molecule has 1 heterocycles. The summed E-state index contributed by atoms with van der Waals surface area (Å²) in [6.07, 6.45) is 5.78. The highest BCUT2D eigenvalue weighted by atomic mass is 79.9. The first-order valence-electron chi connectivity index (χ1n) is 6.25. The molecule has 0 spiro atoms. The van der Waals surface area contributed by atoms with Crippen molar-refractivity contribution in [1.29, 1.82) is 0 Å². The number of halogens is 1. The van der Waals surface area contributed by atoms with Gasteiger partial charge in [0.05, 0.1) is 6.21 Å². The first-order chi connectivity index (χ1) is 8.18. The monoisotopic (exact) mass is 294 g/mol. The quantitative estimate of drug-likeness (QED) is 0.752. The van der Waals surface area contributed by atoms with Crippen LogP contribution in [0.15, 0.2) is 33.8 Å². The van der Waals surface area contributed by atoms with E-state index in [2.05, 4.69) is 46.0 Å². The van der Waals surface area contributed by atoms with E-state index in [0.717, 1.165) is 10.0 Å². The van der Waals surface area contributed by atoms with Gasteiger partial charge in [-0.05, 0) is 39.2 Å². The highest BCUT2D eigenvalue weighted by molar-refractivity contribution is 9.10. The van der Waals surface area contributed by atoms with E-state index in [4.69, 9.17) is 0 Å². The fourth-order valence-electron chi connectivity index (χ4n) is 2.34. The summed E-state index contributed by atoms with van der Waals surface area (Å²) in [5.74, 6) is 0. The Bertz CT molecular complexity index is 393. The van der Waals surface area contributed by atoms with Crippen molar-refractivity contribution in [3.05, 3.63) is 34.3 Å². The third-order valence-corrected chi connectivity index (χ3v) is 4.10. The molecule has 3 heteroatoms. The van der Waals surface area contributed by atoms with Gasteiger partial charge in [-0.1, -0.05) is 34.1 Å². The molecule has 0 bridgehead atoms. The van der Waals surface area contributed by atoms with E-state index in [-0.39, 0.29) is 0 Å². The summed E-state index contributed by atoms with van der Waals surface area (Å²) in [6, 6.07) is 9.29. The number of piperidine rings is 1. The Morgan fingerprint density at radius 2 is 1.88 bits per heavy atom. The van der Waals surface area contributed by atoms with E-state index >= 15 is 0 Å². The molecule has 0 unspecified atom stereocenters. The lowest BCUT2D eigenvalue weighted by atomic mass is 10.00. The van der Waals surface area contributed by atoms with Gasteiger partial charge < -0.3 is 0 Å². The van der Waals surface area contributed by atoms with E-state index in [1.807, 2.05) is 24.4 Å². The molecule has 1 saturated heterocycles. The lowest BCUT2D eigenvalue weighted by Crippen LogP contribution is -2.39. The summed E-state index contributed by atoms with van der Waals surface area (Å²) in [6.45, 7) is 4.51. The molecule has 2 nitrogen and oxygen atoms in total. The highest BCUT2D eigenvalue weighted by Gasteiger charge is 2.22. The molecule has 0 aromatic heterocycles. The predicted octanol–water partition coefficient (Wildman–Crippen LogP) is 4.05. The van der Waals surface area contributed by atoms with Gasteiger partial charge in [-0.25, -0.2) is 0 Å². The van der Waals surface area contributed by atoms with Crippen LogP contribution < -0.4 is 0 Å². The van der Waals surface area contributed by atoms with Crippen molar-refractivity contribution in [3.8, 4) is 0 Å². The fourth-order valence-corrected chi connectivity index (χ4v) is 2.73. The molecule has 0 saturated carbocycles. The standard InChI is InChI=1S/C14H19BrN2/c1-11-6-5-7-12(2)17(11)16-10-13-8-3-4-9-14(13)15/h3-4,8-12H,5-7H2,1-2H3/b16-10-/t11-,12+. The number of benzene rings is 1. The maximum absolute atomic E-state index is 4.65. The molecule has 17 heavy (non-hydrogen) atoms. The van der Waals surface area contributed by atoms with Crippen molar-refractivity contribution in [2.24, 2.45) is 5.10 Å². The Labute approximate surface area is 112 Å². The Hall–Kier alpha value is -0.830. The molecule has 1 aliphatic heterocycles. The van der Waals surface area contributed by atoms with Crippen LogP contribution in [0.1, 0.15) is 38.7 Å². The topological polar surface area (TPSA) is 15.6 Å². The van der Waals surface area contributed by atoms with Crippen molar-refractivity contribution in [2.75, 3.05) is 0 Å². The molecule has 2 rings (SSSR count). The maximum Gasteiger partial charge on any atom is 0.0554 e. The zero-order valence-electron chi connectivity index (χ0n) is 10.4. The Kier molecular flexibility index (Phi) is 4.21. The lowest BCUT2D eigenvalue weighted by Gasteiger charge is -2.36. The third kappa shape index (κ3) is 3.09. The molecular formula is C14H19BrN2. The Morgan fingerprint density at radius 1 is 1.24 bits per heavy atom. The van der Waals surface area contributed by atoms with E-state index in [9.17, 15) is 0 Å². The van der Waals surface area contributed by atoms with Crippen molar-refractivity contribution < 1.29 is 0 Å². The summed E-state index contributed by atoms with van der Waals surface area (Å²) in [7, 11) is 0. The number of hydrazone groups is 1. The van der Waals surface area contributed by atoms with Crippen molar-refractivity contribution in [1.82, 2.24) is 5.01 Å². The summed E-state index contributed by atoms with van der Waals surface area (Å²) in [5, 5.41) is 6.89. The second kappa shape index (κ2) is 5.67. The van der Waals surface area contributed by atoms with Gasteiger partial charge in [-0.15, -0.1) is 0 Å². The molecular weight excluding hydrogens is 276 g/mol. The minimum absolute atomic E-state index is 0.553. The number of nitrogens with zero attached hydrogens (tertiary/aromatic N) is 2. The Morgan fingerprint density at radius 3 is 2.53 bits per heavy atom. The second-order valence-corrected chi connectivity index (χ2v) is 5.63. The first kappa shape index (κ1) is 12.6. The van der Waals surface area contributed by atoms with E-state index < -0.39 is 0 Å². The molecule has 92 valence electrons. The minimum Gasteiger partial charge on any atom is -0.292 e. The van der Waals surface area contributed by atoms with Crippen molar-refractivity contribution in [3.63, 3.8) is 0 Å². The summed E-state index contributed by atoms with van der Waals surface area (Å²) in [5.41, 5.74) is 1.14. The van der Waals surface area contributed by atoms with Crippen LogP contribution in [0.3, 0.4) is 0 Å². The number of hydrogen-bond donors (Lipinski definition) is 0. The zero-order valence-corrected chi connectivity index (χ0v) is 12.0. The van der Waals surface area contributed by atoms with Crippen molar-refractivity contribution >= 4 is 22.1 Å². The summed E-state index contributed by atoms with van der Waals surface area (Å²) >= 11 is 3.54. The average molecular weight is 295 g/mol. The lowest BCUT2D eigenvalue weighted by molar-refractivity contribution is 0.109. The highest BCUT2D eigenvalue weighted by Crippen LogP contribution is 2.23. The molecule has 1 fully saturated rings. The van der Waals surface area contributed by atoms with Gasteiger partial charge in [0.25, 0.3) is 0 Å². The molecule has 1 aromatic carbocycles. The average Bonchev–Trinajstić information content (AvgIpc) is 2.30. The zero-order chi connectivity index (χ0) is 12.3. The Balaban J connectivity index is 2.11. The number of hydrogen-bond acceptors (Lipinski definition) is 2. The van der Waals surface area contributed by atoms with E-state index in [0.29, 0.717) is 12.1 Å². The molecule has 0 amide bonds. The van der Waals surface area contributed by atoms with Gasteiger partial charge in [0.2, 0.25) is 0 Å². The van der Waals surface area contributed by atoms with Gasteiger partial charge in [-0.3, -0.25) is 5.01 Å². The number of rotatable bonds is 2. The van der Waals surface area contributed by atoms with Gasteiger partial charge in [-0.2, -0.15) is 5.10 Å². The molecule has 0 aliphatic carbocycles. The summed E-state index contributed by atoms with van der Waals surface area (Å²) < 4.78 is 1.10. The van der Waals surface area contributed by atoms with Gasteiger partial charge in [0.15, 0.2) is 0 Å². The maximum atomic E-state index is 4.65. The van der Waals surface area contributed by atoms with Crippen LogP contribution in [0.5, 0.6) is 0 Å². The largest absolute Gasteiger partial charge is 0.292 e. The molecule has 2 atom stereocenters. The summed E-state index contributed by atoms with van der Waals surface area (Å²) in [4.78, 5) is 0. The molecule has 1 aliphatic rings. The van der Waals surface area contributed by atoms with E-state index in [1.54, 1.807) is 0 Å². The van der Waals surface area contributed by atoms with E-state index in [1.165, 1.54) is 19.3 Å². The van der Waals surface area contributed by atoms with Crippen LogP contribution in [-0.2, 0) is 0 Å². The SMILES string of the molecule is C[C@@H]1CCC[C@H](C)N1/N=C\c1ccccc1Br. The van der Waals surface area contributed by atoms with Gasteiger partial charge >= 0.3 is 0 Å². The predicted molar refractivity (Wildman–Crippen MR) is 76.4 cm³/mol. The van der Waals surface area contributed by atoms with Crippen molar-refractivity contribution in [2.45, 2.75) is 45.2 Å².